The largest absolute Gasteiger partial charge is 0.312 e. The van der Waals surface area contributed by atoms with Crippen molar-refractivity contribution in [2.45, 2.75) is 53.4 Å². The standard InChI is InChI=1S/C29H29N3OS2/c1-5-29(3,4)18-11-12-20-22(16-30)28(35-26(20)14-18)32-27(33)21-15-24(25-13-10-17(2)34-25)31-23-9-7-6-8-19(21)23/h6-10,13,15,18H,5,11-12,14H2,1-4H3,(H,32,33). The molecule has 0 aliphatic heterocycles. The number of rotatable bonds is 5. The Balaban J connectivity index is 1.51. The van der Waals surface area contributed by atoms with Gasteiger partial charge in [0.2, 0.25) is 0 Å². The van der Waals surface area contributed by atoms with Crippen molar-refractivity contribution in [2.24, 2.45) is 11.3 Å². The average Bonchev–Trinajstić information content (AvgIpc) is 3.45. The number of fused-ring (bicyclic) bond motifs is 2. The molecule has 1 atom stereocenters. The molecule has 0 saturated heterocycles. The van der Waals surface area contributed by atoms with Gasteiger partial charge in [-0.1, -0.05) is 45.4 Å². The molecule has 0 spiro atoms. The van der Waals surface area contributed by atoms with Gasteiger partial charge in [-0.05, 0) is 67.3 Å². The van der Waals surface area contributed by atoms with E-state index < -0.39 is 0 Å². The lowest BCUT2D eigenvalue weighted by Crippen LogP contribution is -2.28. The Morgan fingerprint density at radius 1 is 1.23 bits per heavy atom. The summed E-state index contributed by atoms with van der Waals surface area (Å²) in [4.78, 5) is 21.9. The molecule has 178 valence electrons. The van der Waals surface area contributed by atoms with E-state index in [9.17, 15) is 10.1 Å². The molecule has 0 bridgehead atoms. The third kappa shape index (κ3) is 4.39. The summed E-state index contributed by atoms with van der Waals surface area (Å²) in [7, 11) is 0. The molecule has 4 nitrogen and oxygen atoms in total. The minimum absolute atomic E-state index is 0.196. The van der Waals surface area contributed by atoms with Crippen molar-refractivity contribution in [2.75, 3.05) is 5.32 Å². The lowest BCUT2D eigenvalue weighted by atomic mass is 9.69. The maximum Gasteiger partial charge on any atom is 0.257 e. The summed E-state index contributed by atoms with van der Waals surface area (Å²) in [6, 6.07) is 16.1. The van der Waals surface area contributed by atoms with Crippen LogP contribution in [0, 0.1) is 29.6 Å². The minimum Gasteiger partial charge on any atom is -0.312 e. The van der Waals surface area contributed by atoms with Crippen molar-refractivity contribution in [1.29, 1.82) is 5.26 Å². The fraction of sp³-hybridized carbons (Fsp3) is 0.345. The predicted molar refractivity (Wildman–Crippen MR) is 146 cm³/mol. The van der Waals surface area contributed by atoms with Crippen LogP contribution in [0.15, 0.2) is 42.5 Å². The number of hydrogen-bond donors (Lipinski definition) is 1. The number of nitrogens with one attached hydrogen (secondary N) is 1. The summed E-state index contributed by atoms with van der Waals surface area (Å²) < 4.78 is 0. The highest BCUT2D eigenvalue weighted by atomic mass is 32.1. The quantitative estimate of drug-likeness (QED) is 0.302. The van der Waals surface area contributed by atoms with Crippen LogP contribution in [0.4, 0.5) is 5.00 Å². The zero-order valence-electron chi connectivity index (χ0n) is 20.6. The zero-order valence-corrected chi connectivity index (χ0v) is 22.2. The van der Waals surface area contributed by atoms with E-state index in [4.69, 9.17) is 4.98 Å². The molecule has 1 N–H and O–H groups in total. The number of anilines is 1. The van der Waals surface area contributed by atoms with Crippen LogP contribution < -0.4 is 5.32 Å². The third-order valence-corrected chi connectivity index (χ3v) is 9.77. The first-order chi connectivity index (χ1) is 16.8. The summed E-state index contributed by atoms with van der Waals surface area (Å²) in [5.74, 6) is 0.397. The Kier molecular flexibility index (Phi) is 6.25. The lowest BCUT2D eigenvalue weighted by Gasteiger charge is -2.36. The highest BCUT2D eigenvalue weighted by Gasteiger charge is 2.34. The average molecular weight is 500 g/mol. The molecule has 35 heavy (non-hydrogen) atoms. The van der Waals surface area contributed by atoms with Gasteiger partial charge in [-0.15, -0.1) is 22.7 Å². The number of thiophene rings is 2. The Bertz CT molecular complexity index is 1470. The van der Waals surface area contributed by atoms with E-state index in [1.165, 1.54) is 9.75 Å². The molecule has 4 aromatic rings. The molecule has 0 fully saturated rings. The number of aryl methyl sites for hydroxylation is 1. The molecule has 1 unspecified atom stereocenters. The summed E-state index contributed by atoms with van der Waals surface area (Å²) in [5.41, 5.74) is 4.20. The zero-order chi connectivity index (χ0) is 24.7. The van der Waals surface area contributed by atoms with Crippen molar-refractivity contribution in [3.63, 3.8) is 0 Å². The van der Waals surface area contributed by atoms with Crippen molar-refractivity contribution in [3.05, 3.63) is 68.9 Å². The number of amides is 1. The van der Waals surface area contributed by atoms with E-state index in [1.54, 1.807) is 22.7 Å². The third-order valence-electron chi connectivity index (χ3n) is 7.57. The van der Waals surface area contributed by atoms with Gasteiger partial charge in [0.15, 0.2) is 0 Å². The number of benzene rings is 1. The second-order valence-corrected chi connectivity index (χ2v) is 12.4. The van der Waals surface area contributed by atoms with Gasteiger partial charge in [0.25, 0.3) is 5.91 Å². The van der Waals surface area contributed by atoms with E-state index in [0.717, 1.165) is 52.7 Å². The number of nitriles is 1. The molecule has 3 heterocycles. The van der Waals surface area contributed by atoms with Crippen LogP contribution in [0.5, 0.6) is 0 Å². The summed E-state index contributed by atoms with van der Waals surface area (Å²) in [5, 5.41) is 14.6. The number of para-hydroxylation sites is 1. The first kappa shape index (κ1) is 23.7. The Labute approximate surface area is 214 Å². The Morgan fingerprint density at radius 3 is 2.74 bits per heavy atom. The van der Waals surface area contributed by atoms with Gasteiger partial charge in [-0.2, -0.15) is 5.26 Å². The van der Waals surface area contributed by atoms with E-state index in [-0.39, 0.29) is 11.3 Å². The monoisotopic (exact) mass is 499 g/mol. The number of carbonyl (C=O) groups excluding carboxylic acids is 1. The fourth-order valence-electron chi connectivity index (χ4n) is 4.98. The predicted octanol–water partition coefficient (Wildman–Crippen LogP) is 8.00. The van der Waals surface area contributed by atoms with Gasteiger partial charge in [0.1, 0.15) is 11.1 Å². The van der Waals surface area contributed by atoms with Crippen molar-refractivity contribution in [1.82, 2.24) is 4.98 Å². The van der Waals surface area contributed by atoms with Crippen LogP contribution in [0.3, 0.4) is 0 Å². The van der Waals surface area contributed by atoms with Crippen LogP contribution in [-0.4, -0.2) is 10.9 Å². The van der Waals surface area contributed by atoms with Gasteiger partial charge >= 0.3 is 0 Å². The molecule has 6 heteroatoms. The summed E-state index contributed by atoms with van der Waals surface area (Å²) in [6.07, 6.45) is 4.10. The molecular weight excluding hydrogens is 470 g/mol. The Morgan fingerprint density at radius 2 is 2.03 bits per heavy atom. The Hall–Kier alpha value is -3.01. The second-order valence-electron chi connectivity index (χ2n) is 10.0. The first-order valence-electron chi connectivity index (χ1n) is 12.1. The molecule has 1 aliphatic rings. The number of hydrogen-bond acceptors (Lipinski definition) is 5. The van der Waals surface area contributed by atoms with E-state index >= 15 is 0 Å². The van der Waals surface area contributed by atoms with Gasteiger partial charge in [-0.3, -0.25) is 4.79 Å². The lowest BCUT2D eigenvalue weighted by molar-refractivity contribution is 0.102. The molecule has 1 amide bonds. The molecule has 0 saturated carbocycles. The summed E-state index contributed by atoms with van der Waals surface area (Å²) in [6.45, 7) is 8.99. The molecule has 3 aromatic heterocycles. The van der Waals surface area contributed by atoms with Gasteiger partial charge < -0.3 is 5.32 Å². The van der Waals surface area contributed by atoms with Crippen LogP contribution in [0.1, 0.15) is 64.9 Å². The smallest absolute Gasteiger partial charge is 0.257 e. The van der Waals surface area contributed by atoms with E-state index in [2.05, 4.69) is 45.1 Å². The SMILES string of the molecule is CCC(C)(C)C1CCc2c(sc(NC(=O)c3cc(-c4ccc(C)s4)nc4ccccc34)c2C#N)C1. The van der Waals surface area contributed by atoms with Crippen molar-refractivity contribution in [3.8, 4) is 16.6 Å². The van der Waals surface area contributed by atoms with Crippen LogP contribution >= 0.6 is 22.7 Å². The van der Waals surface area contributed by atoms with Gasteiger partial charge in [0, 0.05) is 15.1 Å². The van der Waals surface area contributed by atoms with E-state index in [0.29, 0.717) is 22.0 Å². The molecule has 0 radical (unpaired) electrons. The van der Waals surface area contributed by atoms with Gasteiger partial charge in [-0.25, -0.2) is 4.98 Å². The maximum atomic E-state index is 13.6. The highest BCUT2D eigenvalue weighted by Crippen LogP contribution is 2.45. The molecular formula is C29H29N3OS2. The van der Waals surface area contributed by atoms with Crippen LogP contribution in [0.25, 0.3) is 21.5 Å². The highest BCUT2D eigenvalue weighted by molar-refractivity contribution is 7.16. The van der Waals surface area contributed by atoms with Crippen molar-refractivity contribution < 1.29 is 4.79 Å². The van der Waals surface area contributed by atoms with Gasteiger partial charge in [0.05, 0.1) is 27.2 Å². The summed E-state index contributed by atoms with van der Waals surface area (Å²) >= 11 is 3.25. The normalized spacial score (nSPS) is 15.6. The molecule has 1 aromatic carbocycles. The number of nitrogens with zero attached hydrogens (tertiary/aromatic N) is 2. The maximum absolute atomic E-state index is 13.6. The first-order valence-corrected chi connectivity index (χ1v) is 13.8. The number of aromatic nitrogens is 1. The van der Waals surface area contributed by atoms with Crippen molar-refractivity contribution >= 4 is 44.5 Å². The molecule has 5 rings (SSSR count). The fourth-order valence-corrected chi connectivity index (χ4v) is 7.08. The minimum atomic E-state index is -0.196. The van der Waals surface area contributed by atoms with Crippen LogP contribution in [-0.2, 0) is 12.8 Å². The topological polar surface area (TPSA) is 65.8 Å². The van der Waals surface area contributed by atoms with Crippen LogP contribution in [0.2, 0.25) is 0 Å². The number of pyridine rings is 1. The second kappa shape index (κ2) is 9.22. The van der Waals surface area contributed by atoms with E-state index in [1.807, 2.05) is 36.4 Å². The number of carbonyl (C=O) groups is 1. The molecule has 1 aliphatic carbocycles.